The molecule has 4 rings (SSSR count). The van der Waals surface area contributed by atoms with Crippen molar-refractivity contribution in [3.8, 4) is 0 Å². The van der Waals surface area contributed by atoms with E-state index in [0.717, 1.165) is 0 Å². The van der Waals surface area contributed by atoms with E-state index in [1.165, 1.54) is 19.1 Å². The molecule has 0 radical (unpaired) electrons. The van der Waals surface area contributed by atoms with Gasteiger partial charge in [-0.1, -0.05) is 12.1 Å². The Morgan fingerprint density at radius 2 is 1.62 bits per heavy atom. The molecular formula is C28H31F7N2O3. The first-order valence-corrected chi connectivity index (χ1v) is 13.1. The van der Waals surface area contributed by atoms with Crippen LogP contribution in [0.1, 0.15) is 54.5 Å². The van der Waals surface area contributed by atoms with Gasteiger partial charge in [0.1, 0.15) is 5.82 Å². The van der Waals surface area contributed by atoms with Gasteiger partial charge in [-0.3, -0.25) is 9.69 Å². The number of carbonyl (C=O) groups excluding carboxylic acids is 1. The number of piperazine rings is 1. The molecule has 0 unspecified atom stereocenters. The van der Waals surface area contributed by atoms with Crippen molar-refractivity contribution >= 4 is 5.91 Å². The topological polar surface area (TPSA) is 42.0 Å². The minimum absolute atomic E-state index is 0.00517. The van der Waals surface area contributed by atoms with E-state index < -0.39 is 47.6 Å². The molecule has 220 valence electrons. The highest BCUT2D eigenvalue weighted by Crippen LogP contribution is 2.41. The second-order valence-electron chi connectivity index (χ2n) is 10.2. The number of benzene rings is 2. The monoisotopic (exact) mass is 576 g/mol. The SMILES string of the molecule is CCN1CCN(C[C@H]2CCO[C@H](O[C@H](C)c3cc(C(F)(F)F)cc(C(F)(F)F)c3)[C@@H]2c2ccc(F)cc2)CC1=O. The van der Waals surface area contributed by atoms with E-state index in [9.17, 15) is 35.5 Å². The summed E-state index contributed by atoms with van der Waals surface area (Å²) >= 11 is 0. The van der Waals surface area contributed by atoms with E-state index in [1.54, 1.807) is 17.0 Å². The smallest absolute Gasteiger partial charge is 0.352 e. The summed E-state index contributed by atoms with van der Waals surface area (Å²) in [5.74, 6) is -1.10. The van der Waals surface area contributed by atoms with Gasteiger partial charge in [-0.2, -0.15) is 26.3 Å². The standard InChI is InChI=1S/C28H31F7N2O3/c1-3-37-10-9-36(16-24(37)38)15-19-8-11-39-26(25(19)18-4-6-23(29)7-5-18)40-17(2)20-12-21(27(30,31)32)14-22(13-20)28(33,34)35/h4-7,12-14,17,19,25-26H,3,8-11,15-16H2,1-2H3/t17-,19-,25-,26-/m1/s1. The van der Waals surface area contributed by atoms with E-state index in [0.29, 0.717) is 50.3 Å². The van der Waals surface area contributed by atoms with Crippen LogP contribution in [0.25, 0.3) is 0 Å². The van der Waals surface area contributed by atoms with Gasteiger partial charge >= 0.3 is 12.4 Å². The molecule has 1 amide bonds. The Kier molecular flexibility index (Phi) is 9.11. The number of likely N-dealkylation sites (N-methyl/N-ethyl adjacent to an activating group) is 1. The van der Waals surface area contributed by atoms with Crippen LogP contribution in [0, 0.1) is 11.7 Å². The van der Waals surface area contributed by atoms with Crippen LogP contribution in [0.15, 0.2) is 42.5 Å². The first kappa shape index (κ1) is 30.3. The highest BCUT2D eigenvalue weighted by atomic mass is 19.4. The van der Waals surface area contributed by atoms with Gasteiger partial charge < -0.3 is 14.4 Å². The maximum absolute atomic E-state index is 13.7. The number of alkyl halides is 6. The second-order valence-corrected chi connectivity index (χ2v) is 10.2. The molecule has 2 fully saturated rings. The van der Waals surface area contributed by atoms with Gasteiger partial charge in [0.2, 0.25) is 5.91 Å². The zero-order valence-corrected chi connectivity index (χ0v) is 22.1. The van der Waals surface area contributed by atoms with Crippen LogP contribution in [0.5, 0.6) is 0 Å². The third-order valence-corrected chi connectivity index (χ3v) is 7.52. The normalized spacial score (nSPS) is 23.9. The number of nitrogens with zero attached hydrogens (tertiary/aromatic N) is 2. The fourth-order valence-electron chi connectivity index (χ4n) is 5.36. The van der Waals surface area contributed by atoms with Crippen molar-refractivity contribution in [2.45, 2.75) is 50.9 Å². The zero-order valence-electron chi connectivity index (χ0n) is 22.1. The second kappa shape index (κ2) is 12.0. The van der Waals surface area contributed by atoms with Crippen LogP contribution in [-0.4, -0.2) is 61.3 Å². The van der Waals surface area contributed by atoms with E-state index in [1.807, 2.05) is 11.8 Å². The number of rotatable bonds is 7. The molecule has 2 aromatic carbocycles. The number of carbonyl (C=O) groups is 1. The van der Waals surface area contributed by atoms with Crippen LogP contribution in [-0.2, 0) is 26.6 Å². The van der Waals surface area contributed by atoms with Gasteiger partial charge in [-0.25, -0.2) is 4.39 Å². The average Bonchev–Trinajstić information content (AvgIpc) is 2.88. The summed E-state index contributed by atoms with van der Waals surface area (Å²) < 4.78 is 106. The van der Waals surface area contributed by atoms with Gasteiger partial charge in [0.05, 0.1) is 30.4 Å². The van der Waals surface area contributed by atoms with Crippen LogP contribution < -0.4 is 0 Å². The zero-order chi connectivity index (χ0) is 29.2. The molecule has 0 aromatic heterocycles. The van der Waals surface area contributed by atoms with Gasteiger partial charge in [0, 0.05) is 32.1 Å². The lowest BCUT2D eigenvalue weighted by Crippen LogP contribution is -2.52. The van der Waals surface area contributed by atoms with E-state index in [-0.39, 0.29) is 36.6 Å². The predicted octanol–water partition coefficient (Wildman–Crippen LogP) is 6.25. The number of ether oxygens (including phenoxy) is 2. The lowest BCUT2D eigenvalue weighted by atomic mass is 9.81. The predicted molar refractivity (Wildman–Crippen MR) is 132 cm³/mol. The van der Waals surface area contributed by atoms with Crippen molar-refractivity contribution in [3.05, 3.63) is 70.5 Å². The average molecular weight is 577 g/mol. The minimum atomic E-state index is -4.99. The van der Waals surface area contributed by atoms with Crippen molar-refractivity contribution in [1.82, 2.24) is 9.80 Å². The van der Waals surface area contributed by atoms with Crippen molar-refractivity contribution in [2.24, 2.45) is 5.92 Å². The van der Waals surface area contributed by atoms with E-state index >= 15 is 0 Å². The number of hydrogen-bond donors (Lipinski definition) is 0. The Morgan fingerprint density at radius 1 is 1.00 bits per heavy atom. The van der Waals surface area contributed by atoms with Crippen molar-refractivity contribution in [2.75, 3.05) is 39.3 Å². The Morgan fingerprint density at radius 3 is 2.17 bits per heavy atom. The number of amides is 1. The first-order valence-electron chi connectivity index (χ1n) is 13.1. The molecule has 5 nitrogen and oxygen atoms in total. The first-order chi connectivity index (χ1) is 18.8. The lowest BCUT2D eigenvalue weighted by molar-refractivity contribution is -0.210. The third-order valence-electron chi connectivity index (χ3n) is 7.52. The summed E-state index contributed by atoms with van der Waals surface area (Å²) in [6.07, 6.45) is -11.6. The molecule has 0 spiro atoms. The van der Waals surface area contributed by atoms with E-state index in [4.69, 9.17) is 9.47 Å². The molecule has 2 saturated heterocycles. The Bertz CT molecular complexity index is 1140. The summed E-state index contributed by atoms with van der Waals surface area (Å²) in [6.45, 7) is 6.07. The minimum Gasteiger partial charge on any atom is -0.352 e. The molecule has 4 atom stereocenters. The van der Waals surface area contributed by atoms with Gasteiger partial charge in [0.25, 0.3) is 0 Å². The summed E-state index contributed by atoms with van der Waals surface area (Å²) in [7, 11) is 0. The highest BCUT2D eigenvalue weighted by Gasteiger charge is 2.41. The molecule has 2 aliphatic heterocycles. The van der Waals surface area contributed by atoms with Crippen LogP contribution in [0.2, 0.25) is 0 Å². The fourth-order valence-corrected chi connectivity index (χ4v) is 5.36. The summed E-state index contributed by atoms with van der Waals surface area (Å²) in [5.41, 5.74) is -2.50. The maximum Gasteiger partial charge on any atom is 0.416 e. The van der Waals surface area contributed by atoms with E-state index in [2.05, 4.69) is 0 Å². The molecule has 40 heavy (non-hydrogen) atoms. The molecule has 2 heterocycles. The molecule has 12 heteroatoms. The van der Waals surface area contributed by atoms with Gasteiger partial charge in [-0.05, 0) is 67.6 Å². The van der Waals surface area contributed by atoms with Crippen LogP contribution in [0.4, 0.5) is 30.7 Å². The number of halogens is 7. The maximum atomic E-state index is 13.7. The third kappa shape index (κ3) is 7.13. The van der Waals surface area contributed by atoms with Crippen molar-refractivity contribution in [3.63, 3.8) is 0 Å². The molecule has 2 aliphatic rings. The molecule has 0 saturated carbocycles. The Hall–Kier alpha value is -2.70. The number of hydrogen-bond acceptors (Lipinski definition) is 4. The quantitative estimate of drug-likeness (QED) is 0.366. The molecular weight excluding hydrogens is 545 g/mol. The molecule has 0 aliphatic carbocycles. The summed E-state index contributed by atoms with van der Waals surface area (Å²) in [4.78, 5) is 16.2. The Balaban J connectivity index is 1.61. The van der Waals surface area contributed by atoms with Gasteiger partial charge in [-0.15, -0.1) is 0 Å². The summed E-state index contributed by atoms with van der Waals surface area (Å²) in [5, 5.41) is 0. The molecule has 2 aromatic rings. The molecule has 0 bridgehead atoms. The van der Waals surface area contributed by atoms with Crippen LogP contribution in [0.3, 0.4) is 0 Å². The van der Waals surface area contributed by atoms with Crippen molar-refractivity contribution in [1.29, 1.82) is 0 Å². The van der Waals surface area contributed by atoms with Crippen molar-refractivity contribution < 1.29 is 45.0 Å². The molecule has 0 N–H and O–H groups in total. The largest absolute Gasteiger partial charge is 0.416 e. The lowest BCUT2D eigenvalue weighted by Gasteiger charge is -2.42. The van der Waals surface area contributed by atoms with Crippen LogP contribution >= 0.6 is 0 Å². The van der Waals surface area contributed by atoms with Gasteiger partial charge in [0.15, 0.2) is 6.29 Å². The highest BCUT2D eigenvalue weighted by molar-refractivity contribution is 5.78. The fraction of sp³-hybridized carbons (Fsp3) is 0.536. The Labute approximate surface area is 227 Å². The summed E-state index contributed by atoms with van der Waals surface area (Å²) in [6, 6.07) is 7.03.